The topological polar surface area (TPSA) is 95.5 Å². The highest BCUT2D eigenvalue weighted by atomic mass is 127. The van der Waals surface area contributed by atoms with Crippen molar-refractivity contribution in [1.29, 1.82) is 0 Å². The molecule has 0 fully saturated rings. The molecule has 0 bridgehead atoms. The van der Waals surface area contributed by atoms with E-state index in [1.54, 1.807) is 42.6 Å². The number of guanidine groups is 1. The molecular weight excluding hydrogens is 497 g/mol. The van der Waals surface area contributed by atoms with Crippen LogP contribution >= 0.6 is 35.3 Å². The Bertz CT molecular complexity index is 848. The van der Waals surface area contributed by atoms with E-state index in [4.69, 9.17) is 0 Å². The molecule has 0 aliphatic heterocycles. The molecule has 150 valence electrons. The highest BCUT2D eigenvalue weighted by Gasteiger charge is 2.10. The Hall–Kier alpha value is -1.24. The van der Waals surface area contributed by atoms with Crippen LogP contribution in [-0.4, -0.2) is 33.5 Å². The molecule has 1 aromatic carbocycles. The first-order chi connectivity index (χ1) is 12.4. The third-order valence-electron chi connectivity index (χ3n) is 3.75. The van der Waals surface area contributed by atoms with Crippen LogP contribution < -0.4 is 15.4 Å². The Balaban J connectivity index is 0.00000364. The molecule has 2 rings (SSSR count). The fourth-order valence-corrected chi connectivity index (χ4v) is 3.77. The average Bonchev–Trinajstić information content (AvgIpc) is 3.11. The third kappa shape index (κ3) is 7.01. The molecule has 0 atom stereocenters. The summed E-state index contributed by atoms with van der Waals surface area (Å²) in [5.41, 5.74) is 2.06. The fraction of sp³-hybridized carbons (Fsp3) is 0.412. The molecule has 2 aromatic rings. The molecule has 7 nitrogen and oxygen atoms in total. The Morgan fingerprint density at radius 2 is 1.81 bits per heavy atom. The maximum absolute atomic E-state index is 11.7. The molecule has 0 radical (unpaired) electrons. The van der Waals surface area contributed by atoms with Crippen LogP contribution in [0.2, 0.25) is 0 Å². The van der Waals surface area contributed by atoms with Gasteiger partial charge in [0.05, 0.1) is 17.1 Å². The smallest absolute Gasteiger partial charge is 0.240 e. The van der Waals surface area contributed by atoms with E-state index in [-0.39, 0.29) is 28.9 Å². The van der Waals surface area contributed by atoms with Crippen LogP contribution in [0.4, 0.5) is 0 Å². The van der Waals surface area contributed by atoms with Gasteiger partial charge >= 0.3 is 0 Å². The lowest BCUT2D eigenvalue weighted by atomic mass is 10.2. The van der Waals surface area contributed by atoms with Gasteiger partial charge in [-0.15, -0.1) is 35.3 Å². The second-order valence-corrected chi connectivity index (χ2v) is 8.78. The summed E-state index contributed by atoms with van der Waals surface area (Å²) in [6, 6.07) is 6.73. The van der Waals surface area contributed by atoms with Crippen LogP contribution in [0.1, 0.15) is 36.0 Å². The van der Waals surface area contributed by atoms with Crippen molar-refractivity contribution < 1.29 is 8.42 Å². The first-order valence-corrected chi connectivity index (χ1v) is 10.6. The van der Waals surface area contributed by atoms with Gasteiger partial charge in [-0.2, -0.15) is 0 Å². The van der Waals surface area contributed by atoms with E-state index in [2.05, 4.69) is 44.6 Å². The standard InChI is InChI=1S/C17H25N5O2S2.HI/c1-12(2)15-11-25-16(22-15)10-21-17(18-3)20-9-13-5-7-14(8-6-13)26(23,24)19-4;/h5-8,11-12,19H,9-10H2,1-4H3,(H2,18,20,21);1H. The highest BCUT2D eigenvalue weighted by Crippen LogP contribution is 2.17. The zero-order chi connectivity index (χ0) is 19.2. The number of nitrogens with zero attached hydrogens (tertiary/aromatic N) is 2. The van der Waals surface area contributed by atoms with E-state index in [0.29, 0.717) is 25.0 Å². The van der Waals surface area contributed by atoms with Gasteiger partial charge in [0.25, 0.3) is 0 Å². The normalized spacial score (nSPS) is 12.0. The van der Waals surface area contributed by atoms with Crippen molar-refractivity contribution in [2.24, 2.45) is 4.99 Å². The van der Waals surface area contributed by atoms with Crippen molar-refractivity contribution in [3.8, 4) is 0 Å². The van der Waals surface area contributed by atoms with Crippen LogP contribution in [0, 0.1) is 0 Å². The molecule has 27 heavy (non-hydrogen) atoms. The molecule has 10 heteroatoms. The SMILES string of the molecule is CN=C(NCc1ccc(S(=O)(=O)NC)cc1)NCc1nc(C(C)C)cs1.I. The van der Waals surface area contributed by atoms with E-state index >= 15 is 0 Å². The second-order valence-electron chi connectivity index (χ2n) is 5.95. The predicted molar refractivity (Wildman–Crippen MR) is 121 cm³/mol. The summed E-state index contributed by atoms with van der Waals surface area (Å²) in [6.07, 6.45) is 0. The zero-order valence-corrected chi connectivity index (χ0v) is 19.8. The van der Waals surface area contributed by atoms with Gasteiger partial charge in [0, 0.05) is 19.0 Å². The number of aromatic nitrogens is 1. The van der Waals surface area contributed by atoms with Crippen molar-refractivity contribution in [2.75, 3.05) is 14.1 Å². The van der Waals surface area contributed by atoms with Gasteiger partial charge in [0.2, 0.25) is 10.0 Å². The van der Waals surface area contributed by atoms with Crippen molar-refractivity contribution in [2.45, 2.75) is 37.8 Å². The van der Waals surface area contributed by atoms with Crippen molar-refractivity contribution in [3.05, 3.63) is 45.9 Å². The largest absolute Gasteiger partial charge is 0.352 e. The number of halogens is 1. The van der Waals surface area contributed by atoms with E-state index < -0.39 is 10.0 Å². The monoisotopic (exact) mass is 523 g/mol. The summed E-state index contributed by atoms with van der Waals surface area (Å²) in [7, 11) is -0.303. The molecule has 0 spiro atoms. The molecule has 0 saturated heterocycles. The summed E-state index contributed by atoms with van der Waals surface area (Å²) in [5.74, 6) is 1.09. The lowest BCUT2D eigenvalue weighted by molar-refractivity contribution is 0.588. The first-order valence-electron chi connectivity index (χ1n) is 8.27. The predicted octanol–water partition coefficient (Wildman–Crippen LogP) is 2.66. The fourth-order valence-electron chi connectivity index (χ4n) is 2.14. The van der Waals surface area contributed by atoms with Gasteiger partial charge in [-0.1, -0.05) is 26.0 Å². The van der Waals surface area contributed by atoms with Gasteiger partial charge in [-0.05, 0) is 30.7 Å². The molecule has 0 saturated carbocycles. The van der Waals surface area contributed by atoms with Crippen LogP contribution in [0.15, 0.2) is 39.5 Å². The van der Waals surface area contributed by atoms with Gasteiger partial charge < -0.3 is 10.6 Å². The Labute approximate surface area is 182 Å². The number of hydrogen-bond donors (Lipinski definition) is 3. The number of nitrogens with one attached hydrogen (secondary N) is 3. The van der Waals surface area contributed by atoms with E-state index in [0.717, 1.165) is 16.3 Å². The van der Waals surface area contributed by atoms with Crippen LogP contribution in [-0.2, 0) is 23.1 Å². The van der Waals surface area contributed by atoms with Crippen molar-refractivity contribution in [1.82, 2.24) is 20.3 Å². The van der Waals surface area contributed by atoms with Crippen molar-refractivity contribution >= 4 is 51.3 Å². The maximum Gasteiger partial charge on any atom is 0.240 e. The third-order valence-corrected chi connectivity index (χ3v) is 6.05. The quantitative estimate of drug-likeness (QED) is 0.295. The van der Waals surface area contributed by atoms with Crippen molar-refractivity contribution in [3.63, 3.8) is 0 Å². The minimum Gasteiger partial charge on any atom is -0.352 e. The highest BCUT2D eigenvalue weighted by molar-refractivity contribution is 14.0. The summed E-state index contributed by atoms with van der Waals surface area (Å²) >= 11 is 1.63. The number of sulfonamides is 1. The van der Waals surface area contributed by atoms with E-state index in [9.17, 15) is 8.42 Å². The molecule has 3 N–H and O–H groups in total. The van der Waals surface area contributed by atoms with Gasteiger partial charge in [0.15, 0.2) is 5.96 Å². The van der Waals surface area contributed by atoms with E-state index in [1.165, 1.54) is 7.05 Å². The zero-order valence-electron chi connectivity index (χ0n) is 15.8. The summed E-state index contributed by atoms with van der Waals surface area (Å²) in [6.45, 7) is 5.39. The molecule has 0 aliphatic carbocycles. The Morgan fingerprint density at radius 1 is 1.19 bits per heavy atom. The second kappa shape index (κ2) is 10.9. The maximum atomic E-state index is 11.7. The molecular formula is C17H26IN5O2S2. The summed E-state index contributed by atoms with van der Waals surface area (Å²) in [4.78, 5) is 9.03. The molecule has 0 aliphatic rings. The average molecular weight is 523 g/mol. The van der Waals surface area contributed by atoms with Crippen LogP contribution in [0.25, 0.3) is 0 Å². The summed E-state index contributed by atoms with van der Waals surface area (Å²) < 4.78 is 25.8. The molecule has 0 unspecified atom stereocenters. The molecule has 1 aromatic heterocycles. The van der Waals surface area contributed by atoms with Gasteiger partial charge in [-0.3, -0.25) is 4.99 Å². The van der Waals surface area contributed by atoms with Gasteiger partial charge in [-0.25, -0.2) is 18.1 Å². The van der Waals surface area contributed by atoms with Gasteiger partial charge in [0.1, 0.15) is 5.01 Å². The number of rotatable bonds is 7. The first kappa shape index (κ1) is 23.8. The number of thiazole rings is 1. The van der Waals surface area contributed by atoms with Crippen LogP contribution in [0.5, 0.6) is 0 Å². The number of aliphatic imine (C=N–C) groups is 1. The Morgan fingerprint density at radius 3 is 2.33 bits per heavy atom. The summed E-state index contributed by atoms with van der Waals surface area (Å²) in [5, 5.41) is 9.54. The van der Waals surface area contributed by atoms with E-state index in [1.807, 2.05) is 0 Å². The molecule has 1 heterocycles. The number of hydrogen-bond acceptors (Lipinski definition) is 5. The Kier molecular flexibility index (Phi) is 9.63. The number of benzene rings is 1. The lowest BCUT2D eigenvalue weighted by Gasteiger charge is -2.11. The lowest BCUT2D eigenvalue weighted by Crippen LogP contribution is -2.36. The molecule has 0 amide bonds. The van der Waals surface area contributed by atoms with Crippen LogP contribution in [0.3, 0.4) is 0 Å². The minimum atomic E-state index is -3.41. The minimum absolute atomic E-state index is 0.